The van der Waals surface area contributed by atoms with Gasteiger partial charge in [-0.1, -0.05) is 164 Å². The summed E-state index contributed by atoms with van der Waals surface area (Å²) in [6, 6.07) is 0. The number of allylic oxidation sites excluding steroid dienone is 15. The van der Waals surface area contributed by atoms with Crippen molar-refractivity contribution in [1.82, 2.24) is 0 Å². The number of hydrogen-bond acceptors (Lipinski definition) is 2. The van der Waals surface area contributed by atoms with Gasteiger partial charge in [-0.25, -0.2) is 0 Å². The van der Waals surface area contributed by atoms with Crippen LogP contribution in [0.5, 0.6) is 0 Å². The molecule has 57 heavy (non-hydrogen) atoms. The summed E-state index contributed by atoms with van der Waals surface area (Å²) in [5.74, 6) is 5.22. The first-order chi connectivity index (χ1) is 27.7. The quantitative estimate of drug-likeness (QED) is 0.0524. The van der Waals surface area contributed by atoms with Crippen molar-refractivity contribution in [2.45, 2.75) is 195 Å². The van der Waals surface area contributed by atoms with Crippen molar-refractivity contribution in [3.05, 3.63) is 96.7 Å². The van der Waals surface area contributed by atoms with Crippen LogP contribution < -0.4 is 0 Å². The van der Waals surface area contributed by atoms with Gasteiger partial charge >= 0.3 is 5.97 Å². The summed E-state index contributed by atoms with van der Waals surface area (Å²) in [7, 11) is 0. The third kappa shape index (κ3) is 15.2. The number of carbonyl (C=O) groups is 1. The average Bonchev–Trinajstić information content (AvgIpc) is 3.55. The van der Waals surface area contributed by atoms with Gasteiger partial charge in [0, 0.05) is 12.8 Å². The van der Waals surface area contributed by atoms with Gasteiger partial charge in [-0.05, 0) is 155 Å². The van der Waals surface area contributed by atoms with Crippen LogP contribution in [0, 0.1) is 46.3 Å². The molecule has 8 atom stereocenters. The number of esters is 1. The van der Waals surface area contributed by atoms with Gasteiger partial charge in [0.15, 0.2) is 0 Å². The minimum atomic E-state index is 0.0269. The molecular weight excluding hydrogens is 693 g/mol. The maximum absolute atomic E-state index is 12.9. The number of unbranched alkanes of at least 4 members (excludes halogenated alkanes) is 3. The van der Waals surface area contributed by atoms with Crippen molar-refractivity contribution in [3.63, 3.8) is 0 Å². The van der Waals surface area contributed by atoms with Crippen molar-refractivity contribution >= 4 is 5.97 Å². The molecule has 318 valence electrons. The maximum atomic E-state index is 12.9. The Morgan fingerprint density at radius 3 is 1.88 bits per heavy atom. The van der Waals surface area contributed by atoms with Crippen LogP contribution in [0.2, 0.25) is 0 Å². The molecule has 0 heterocycles. The Balaban J connectivity index is 1.03. The van der Waals surface area contributed by atoms with E-state index >= 15 is 0 Å². The fourth-order valence-electron chi connectivity index (χ4n) is 11.6. The fourth-order valence-corrected chi connectivity index (χ4v) is 11.6. The molecule has 0 aliphatic heterocycles. The SMILES string of the molecule is CC/C=C\C/C=C\C/C=C\C/C=C\C/C=C\C/C=C\C/C=C\CCCCCC(=O)OC1CCC2(C)C(=CCC3C2CCC2(C)C(C(C)CCCC(C)C)CCC32)C1. The number of hydrogen-bond donors (Lipinski definition) is 0. The van der Waals surface area contributed by atoms with Gasteiger partial charge in [-0.3, -0.25) is 4.79 Å². The van der Waals surface area contributed by atoms with Gasteiger partial charge < -0.3 is 4.74 Å². The Morgan fingerprint density at radius 1 is 0.684 bits per heavy atom. The minimum Gasteiger partial charge on any atom is -0.462 e. The highest BCUT2D eigenvalue weighted by Crippen LogP contribution is 2.67. The standard InChI is InChI=1S/C55H86O2/c1-7-8-9-10-11-12-13-14-15-16-17-18-19-20-21-22-23-24-25-26-27-28-29-30-31-35-53(56)57-48-40-42-54(5)47(44-48)36-37-49-51-39-38-50(46(4)34-32-33-45(2)3)55(51,6)43-41-52(49)54/h8-9,11-12,14-15,17-18,20-21,23-24,26-27,36,45-46,48-52H,7,10,13,16,19,22,25,28-35,37-44H2,1-6H3/b9-8-,12-11-,15-14-,18-17-,21-20-,24-23-,27-26-. The summed E-state index contributed by atoms with van der Waals surface area (Å²) >= 11 is 0. The Hall–Kier alpha value is -2.61. The third-order valence-electron chi connectivity index (χ3n) is 14.8. The van der Waals surface area contributed by atoms with Gasteiger partial charge in [0.05, 0.1) is 0 Å². The van der Waals surface area contributed by atoms with Crippen LogP contribution in [0.4, 0.5) is 0 Å². The van der Waals surface area contributed by atoms with Crippen LogP contribution >= 0.6 is 0 Å². The molecule has 0 radical (unpaired) electrons. The normalized spacial score (nSPS) is 29.8. The van der Waals surface area contributed by atoms with Gasteiger partial charge in [0.2, 0.25) is 0 Å². The van der Waals surface area contributed by atoms with Crippen molar-refractivity contribution < 1.29 is 9.53 Å². The zero-order valence-corrected chi connectivity index (χ0v) is 37.8. The maximum Gasteiger partial charge on any atom is 0.306 e. The average molecular weight is 779 g/mol. The fraction of sp³-hybridized carbons (Fsp3) is 0.691. The Morgan fingerprint density at radius 2 is 1.28 bits per heavy atom. The molecular formula is C55H86O2. The van der Waals surface area contributed by atoms with E-state index in [2.05, 4.69) is 133 Å². The lowest BCUT2D eigenvalue weighted by atomic mass is 9.47. The summed E-state index contributed by atoms with van der Waals surface area (Å²) in [6.45, 7) is 14.8. The number of rotatable bonds is 25. The van der Waals surface area contributed by atoms with Gasteiger partial charge in [0.25, 0.3) is 0 Å². The molecule has 0 aromatic carbocycles. The second-order valence-corrected chi connectivity index (χ2v) is 19.4. The molecule has 0 N–H and O–H groups in total. The molecule has 0 bridgehead atoms. The van der Waals surface area contributed by atoms with Crippen LogP contribution in [0.3, 0.4) is 0 Å². The van der Waals surface area contributed by atoms with E-state index in [9.17, 15) is 4.79 Å². The first-order valence-corrected chi connectivity index (χ1v) is 24.1. The number of carbonyl (C=O) groups excluding carboxylic acids is 1. The molecule has 2 nitrogen and oxygen atoms in total. The van der Waals surface area contributed by atoms with E-state index in [0.29, 0.717) is 17.3 Å². The highest BCUT2D eigenvalue weighted by Gasteiger charge is 2.59. The van der Waals surface area contributed by atoms with Crippen LogP contribution in [-0.2, 0) is 9.53 Å². The summed E-state index contributed by atoms with van der Waals surface area (Å²) in [5, 5.41) is 0. The van der Waals surface area contributed by atoms with Crippen LogP contribution in [0.15, 0.2) is 96.7 Å². The second-order valence-electron chi connectivity index (χ2n) is 19.4. The summed E-state index contributed by atoms with van der Waals surface area (Å²) in [4.78, 5) is 12.9. The van der Waals surface area contributed by atoms with Crippen LogP contribution in [0.1, 0.15) is 189 Å². The monoisotopic (exact) mass is 779 g/mol. The first kappa shape index (κ1) is 47.1. The van der Waals surface area contributed by atoms with Crippen LogP contribution in [0.25, 0.3) is 0 Å². The van der Waals surface area contributed by atoms with E-state index in [4.69, 9.17) is 4.74 Å². The molecule has 0 spiro atoms. The first-order valence-electron chi connectivity index (χ1n) is 24.1. The van der Waals surface area contributed by atoms with Crippen LogP contribution in [-0.4, -0.2) is 12.1 Å². The molecule has 3 fully saturated rings. The Labute approximate surface area is 352 Å². The highest BCUT2D eigenvalue weighted by molar-refractivity contribution is 5.69. The molecule has 0 aromatic rings. The second kappa shape index (κ2) is 25.8. The molecule has 3 saturated carbocycles. The zero-order valence-electron chi connectivity index (χ0n) is 37.8. The molecule has 0 saturated heterocycles. The number of ether oxygens (including phenoxy) is 1. The highest BCUT2D eigenvalue weighted by atomic mass is 16.5. The van der Waals surface area contributed by atoms with Crippen molar-refractivity contribution in [3.8, 4) is 0 Å². The summed E-state index contributed by atoms with van der Waals surface area (Å²) < 4.78 is 6.13. The van der Waals surface area contributed by atoms with E-state index < -0.39 is 0 Å². The predicted octanol–water partition coefficient (Wildman–Crippen LogP) is 16.5. The zero-order chi connectivity index (χ0) is 40.8. The molecule has 4 aliphatic rings. The van der Waals surface area contributed by atoms with Crippen molar-refractivity contribution in [1.29, 1.82) is 0 Å². The third-order valence-corrected chi connectivity index (χ3v) is 14.8. The minimum absolute atomic E-state index is 0.0269. The molecule has 2 heteroatoms. The Kier molecular flexibility index (Phi) is 21.3. The van der Waals surface area contributed by atoms with E-state index in [1.807, 2.05) is 0 Å². The smallest absolute Gasteiger partial charge is 0.306 e. The molecule has 4 aliphatic carbocycles. The lowest BCUT2D eigenvalue weighted by Crippen LogP contribution is -2.51. The van der Waals surface area contributed by atoms with Gasteiger partial charge in [0.1, 0.15) is 6.10 Å². The van der Waals surface area contributed by atoms with E-state index in [1.165, 1.54) is 57.8 Å². The predicted molar refractivity (Wildman–Crippen MR) is 248 cm³/mol. The summed E-state index contributed by atoms with van der Waals surface area (Å²) in [6.07, 6.45) is 60.7. The van der Waals surface area contributed by atoms with E-state index in [1.54, 1.807) is 5.57 Å². The van der Waals surface area contributed by atoms with Crippen molar-refractivity contribution in [2.75, 3.05) is 0 Å². The molecule has 8 unspecified atom stereocenters. The topological polar surface area (TPSA) is 26.3 Å². The van der Waals surface area contributed by atoms with Gasteiger partial charge in [-0.2, -0.15) is 0 Å². The Bertz CT molecular complexity index is 1400. The van der Waals surface area contributed by atoms with E-state index in [0.717, 1.165) is 119 Å². The molecule has 4 rings (SSSR count). The van der Waals surface area contributed by atoms with E-state index in [-0.39, 0.29) is 12.1 Å². The number of fused-ring (bicyclic) bond motifs is 5. The summed E-state index contributed by atoms with van der Waals surface area (Å²) in [5.41, 5.74) is 2.48. The molecule has 0 amide bonds. The molecule has 0 aromatic heterocycles. The van der Waals surface area contributed by atoms with Crippen molar-refractivity contribution in [2.24, 2.45) is 46.3 Å². The lowest BCUT2D eigenvalue weighted by Gasteiger charge is -2.58. The van der Waals surface area contributed by atoms with Gasteiger partial charge in [-0.15, -0.1) is 0 Å². The largest absolute Gasteiger partial charge is 0.462 e. The lowest BCUT2D eigenvalue weighted by molar-refractivity contribution is -0.151.